The summed E-state index contributed by atoms with van der Waals surface area (Å²) in [6.07, 6.45) is 3.82. The molecule has 1 amide bonds. The Morgan fingerprint density at radius 3 is 2.09 bits per heavy atom. The second-order valence-electron chi connectivity index (χ2n) is 7.98. The van der Waals surface area contributed by atoms with Gasteiger partial charge in [-0.15, -0.1) is 0 Å². The number of nitrogens with one attached hydrogen (secondary N) is 2. The van der Waals surface area contributed by atoms with E-state index in [1.54, 1.807) is 36.4 Å². The first-order valence-corrected chi connectivity index (χ1v) is 12.3. The van der Waals surface area contributed by atoms with Gasteiger partial charge in [-0.3, -0.25) is 14.4 Å². The number of benzene rings is 3. The van der Waals surface area contributed by atoms with Gasteiger partial charge in [0.2, 0.25) is 0 Å². The first kappa shape index (κ1) is 22.0. The lowest BCUT2D eigenvalue weighted by atomic mass is 10.1. The van der Waals surface area contributed by atoms with Gasteiger partial charge in [-0.25, -0.2) is 8.42 Å². The molecule has 0 spiro atoms. The quantitative estimate of drug-likeness (QED) is 0.547. The molecule has 4 rings (SSSR count). The number of nitrogens with zero attached hydrogens (tertiary/aromatic N) is 1. The van der Waals surface area contributed by atoms with Crippen molar-refractivity contribution < 1.29 is 13.2 Å². The van der Waals surface area contributed by atoms with Crippen LogP contribution in [0.25, 0.3) is 0 Å². The first-order valence-electron chi connectivity index (χ1n) is 10.8. The minimum atomic E-state index is -3.69. The number of piperidine rings is 1. The molecule has 0 atom stereocenters. The Kier molecular flexibility index (Phi) is 6.87. The van der Waals surface area contributed by atoms with Gasteiger partial charge in [-0.1, -0.05) is 36.8 Å². The molecule has 1 heterocycles. The van der Waals surface area contributed by atoms with Crippen LogP contribution in [0.4, 0.5) is 11.4 Å². The summed E-state index contributed by atoms with van der Waals surface area (Å²) in [6, 6.07) is 22.5. The summed E-state index contributed by atoms with van der Waals surface area (Å²) in [4.78, 5) is 15.2. The van der Waals surface area contributed by atoms with E-state index in [9.17, 15) is 13.2 Å². The van der Waals surface area contributed by atoms with Crippen LogP contribution >= 0.6 is 0 Å². The molecule has 1 aliphatic rings. The topological polar surface area (TPSA) is 78.5 Å². The van der Waals surface area contributed by atoms with Gasteiger partial charge in [0.1, 0.15) is 0 Å². The third kappa shape index (κ3) is 5.75. The fraction of sp³-hybridized carbons (Fsp3) is 0.240. The van der Waals surface area contributed by atoms with Crippen molar-refractivity contribution in [1.29, 1.82) is 0 Å². The minimum absolute atomic E-state index is 0.126. The molecule has 0 aliphatic carbocycles. The van der Waals surface area contributed by atoms with Crippen molar-refractivity contribution >= 4 is 27.3 Å². The highest BCUT2D eigenvalue weighted by molar-refractivity contribution is 7.92. The van der Waals surface area contributed by atoms with Gasteiger partial charge in [0.15, 0.2) is 0 Å². The minimum Gasteiger partial charge on any atom is -0.322 e. The van der Waals surface area contributed by atoms with Gasteiger partial charge in [-0.05, 0) is 80.0 Å². The molecule has 7 heteroatoms. The van der Waals surface area contributed by atoms with Crippen LogP contribution in [-0.4, -0.2) is 32.3 Å². The number of sulfonamides is 1. The van der Waals surface area contributed by atoms with Crippen molar-refractivity contribution in [2.24, 2.45) is 0 Å². The van der Waals surface area contributed by atoms with Crippen LogP contribution in [-0.2, 0) is 16.6 Å². The summed E-state index contributed by atoms with van der Waals surface area (Å²) in [6.45, 7) is 3.18. The highest BCUT2D eigenvalue weighted by Crippen LogP contribution is 2.19. The van der Waals surface area contributed by atoms with Crippen molar-refractivity contribution in [3.8, 4) is 0 Å². The van der Waals surface area contributed by atoms with Crippen molar-refractivity contribution in [2.75, 3.05) is 23.1 Å². The summed E-state index contributed by atoms with van der Waals surface area (Å²) in [7, 11) is -3.69. The Labute approximate surface area is 189 Å². The summed E-state index contributed by atoms with van der Waals surface area (Å²) >= 11 is 0. The van der Waals surface area contributed by atoms with Crippen LogP contribution in [0.15, 0.2) is 83.8 Å². The second-order valence-corrected chi connectivity index (χ2v) is 9.67. The smallest absolute Gasteiger partial charge is 0.261 e. The average molecular weight is 450 g/mol. The lowest BCUT2D eigenvalue weighted by Crippen LogP contribution is -2.29. The van der Waals surface area contributed by atoms with E-state index >= 15 is 0 Å². The molecule has 0 unspecified atom stereocenters. The first-order chi connectivity index (χ1) is 15.5. The summed E-state index contributed by atoms with van der Waals surface area (Å²) < 4.78 is 27.6. The SMILES string of the molecule is O=C(Nc1ccc(S(=O)(=O)Nc2ccccc2)cc1)c1ccc(CN2CCCCC2)cc1. The van der Waals surface area contributed by atoms with Gasteiger partial charge in [0.05, 0.1) is 4.90 Å². The molecule has 1 fully saturated rings. The largest absolute Gasteiger partial charge is 0.322 e. The molecule has 3 aromatic rings. The Morgan fingerprint density at radius 1 is 0.781 bits per heavy atom. The fourth-order valence-corrected chi connectivity index (χ4v) is 4.84. The highest BCUT2D eigenvalue weighted by atomic mass is 32.2. The zero-order valence-electron chi connectivity index (χ0n) is 17.8. The van der Waals surface area contributed by atoms with Crippen molar-refractivity contribution in [1.82, 2.24) is 4.90 Å². The number of carbonyl (C=O) groups is 1. The monoisotopic (exact) mass is 449 g/mol. The maximum Gasteiger partial charge on any atom is 0.261 e. The number of para-hydroxylation sites is 1. The Hall–Kier alpha value is -3.16. The third-order valence-corrected chi connectivity index (χ3v) is 6.92. The Morgan fingerprint density at radius 2 is 1.44 bits per heavy atom. The predicted molar refractivity (Wildman–Crippen MR) is 127 cm³/mol. The van der Waals surface area contributed by atoms with E-state index < -0.39 is 10.0 Å². The molecule has 0 bridgehead atoms. The van der Waals surface area contributed by atoms with Gasteiger partial charge in [-0.2, -0.15) is 0 Å². The average Bonchev–Trinajstić information content (AvgIpc) is 2.81. The van der Waals surface area contributed by atoms with E-state index in [1.165, 1.54) is 37.0 Å². The van der Waals surface area contributed by atoms with Crippen molar-refractivity contribution in [3.05, 3.63) is 90.0 Å². The van der Waals surface area contributed by atoms with E-state index in [4.69, 9.17) is 0 Å². The van der Waals surface area contributed by atoms with Crippen LogP contribution in [0.5, 0.6) is 0 Å². The van der Waals surface area contributed by atoms with Gasteiger partial charge in [0, 0.05) is 23.5 Å². The summed E-state index contributed by atoms with van der Waals surface area (Å²) in [5.41, 5.74) is 2.79. The van der Waals surface area contributed by atoms with E-state index in [0.29, 0.717) is 16.9 Å². The maximum atomic E-state index is 12.6. The molecule has 3 aromatic carbocycles. The molecule has 0 saturated carbocycles. The molecule has 32 heavy (non-hydrogen) atoms. The Balaban J connectivity index is 1.36. The van der Waals surface area contributed by atoms with E-state index in [2.05, 4.69) is 14.9 Å². The summed E-state index contributed by atoms with van der Waals surface area (Å²) in [5.74, 6) is -0.229. The molecule has 6 nitrogen and oxygen atoms in total. The maximum absolute atomic E-state index is 12.6. The fourth-order valence-electron chi connectivity index (χ4n) is 3.78. The van der Waals surface area contributed by atoms with Crippen LogP contribution < -0.4 is 10.0 Å². The van der Waals surface area contributed by atoms with Gasteiger partial charge in [0.25, 0.3) is 15.9 Å². The molecule has 1 aliphatic heterocycles. The lowest BCUT2D eigenvalue weighted by Gasteiger charge is -2.26. The number of hydrogen-bond acceptors (Lipinski definition) is 4. The van der Waals surface area contributed by atoms with E-state index in [-0.39, 0.29) is 10.8 Å². The third-order valence-electron chi connectivity index (χ3n) is 5.52. The van der Waals surface area contributed by atoms with E-state index in [0.717, 1.165) is 19.6 Å². The van der Waals surface area contributed by atoms with Crippen LogP contribution in [0.2, 0.25) is 0 Å². The lowest BCUT2D eigenvalue weighted by molar-refractivity contribution is 0.102. The molecule has 166 valence electrons. The van der Waals surface area contributed by atoms with Gasteiger partial charge < -0.3 is 5.32 Å². The number of likely N-dealkylation sites (tertiary alicyclic amines) is 1. The van der Waals surface area contributed by atoms with Gasteiger partial charge >= 0.3 is 0 Å². The standard InChI is InChI=1S/C25H27N3O3S/c29-25(21-11-9-20(10-12-21)19-28-17-5-2-6-18-28)26-22-13-15-24(16-14-22)32(30,31)27-23-7-3-1-4-8-23/h1,3-4,7-16,27H,2,5-6,17-19H2,(H,26,29). The van der Waals surface area contributed by atoms with Crippen LogP contribution in [0.3, 0.4) is 0 Å². The number of anilines is 2. The normalized spacial score (nSPS) is 14.6. The molecular formula is C25H27N3O3S. The number of carbonyl (C=O) groups excluding carboxylic acids is 1. The molecule has 0 radical (unpaired) electrons. The van der Waals surface area contributed by atoms with Crippen molar-refractivity contribution in [2.45, 2.75) is 30.7 Å². The molecule has 1 saturated heterocycles. The second kappa shape index (κ2) is 9.97. The Bertz CT molecular complexity index is 1140. The van der Waals surface area contributed by atoms with Crippen LogP contribution in [0.1, 0.15) is 35.2 Å². The van der Waals surface area contributed by atoms with Crippen molar-refractivity contribution in [3.63, 3.8) is 0 Å². The summed E-state index contributed by atoms with van der Waals surface area (Å²) in [5, 5.41) is 2.82. The zero-order chi connectivity index (χ0) is 22.4. The number of hydrogen-bond donors (Lipinski definition) is 2. The van der Waals surface area contributed by atoms with Crippen LogP contribution in [0, 0.1) is 0 Å². The molecule has 0 aromatic heterocycles. The number of rotatable bonds is 7. The van der Waals surface area contributed by atoms with E-state index in [1.807, 2.05) is 30.3 Å². The molecular weight excluding hydrogens is 422 g/mol. The highest BCUT2D eigenvalue weighted by Gasteiger charge is 2.15. The predicted octanol–water partition coefficient (Wildman–Crippen LogP) is 4.73. The molecule has 2 N–H and O–H groups in total. The number of amides is 1. The zero-order valence-corrected chi connectivity index (χ0v) is 18.6.